The van der Waals surface area contributed by atoms with Crippen molar-refractivity contribution in [3.05, 3.63) is 131 Å². The summed E-state index contributed by atoms with van der Waals surface area (Å²) < 4.78 is 241. The lowest BCUT2D eigenvalue weighted by Gasteiger charge is -2.32. The van der Waals surface area contributed by atoms with E-state index in [9.17, 15) is 87.9 Å². The van der Waals surface area contributed by atoms with E-state index in [4.69, 9.17) is 10.8 Å². The summed E-state index contributed by atoms with van der Waals surface area (Å²) in [6, 6.07) is 14.0. The summed E-state index contributed by atoms with van der Waals surface area (Å²) >= 11 is 0. The third-order valence-corrected chi connectivity index (χ3v) is 13.7. The molecule has 2 aromatic carbocycles. The first-order valence-electron chi connectivity index (χ1n) is 21.5. The molecule has 0 radical (unpaired) electrons. The first-order valence-corrected chi connectivity index (χ1v) is 24.4. The van der Waals surface area contributed by atoms with Gasteiger partial charge in [0.2, 0.25) is 0 Å². The van der Waals surface area contributed by atoms with Crippen molar-refractivity contribution >= 4 is 79.0 Å². The zero-order valence-corrected chi connectivity index (χ0v) is 42.6. The van der Waals surface area contributed by atoms with Crippen LogP contribution < -0.4 is 21.1 Å². The van der Waals surface area contributed by atoms with Crippen molar-refractivity contribution in [3.63, 3.8) is 0 Å². The molecule has 6 heterocycles. The summed E-state index contributed by atoms with van der Waals surface area (Å²) in [6.07, 6.45) is -7.24. The summed E-state index contributed by atoms with van der Waals surface area (Å²) in [5.41, 5.74) is -9.94. The normalized spacial score (nSPS) is 14.5. The SMILES string of the molecule is COC1=NN(c2ccc(CN)cc2F)CCN1S(=O)(=O)C(F)(F)F.COC1=NN(c2ccc(CNC(=O)c3c(C(F)(F)F)nc4ccccn34)cc2F)CCN1S(=O)(=O)C(F)(F)F.Cl.O=C(O)c1c(C(F)(F)F)nc2ccccn12. The molecule has 80 heavy (non-hydrogen) atoms. The summed E-state index contributed by atoms with van der Waals surface area (Å²) in [5.74, 6) is -4.43. The van der Waals surface area contributed by atoms with Gasteiger partial charge in [-0.2, -0.15) is 69.5 Å². The molecule has 0 saturated heterocycles. The van der Waals surface area contributed by atoms with Gasteiger partial charge in [-0.25, -0.2) is 32.2 Å². The van der Waals surface area contributed by atoms with Gasteiger partial charge in [0.1, 0.15) is 28.6 Å². The number of sulfonamides is 2. The van der Waals surface area contributed by atoms with E-state index in [-0.39, 0.29) is 62.3 Å². The van der Waals surface area contributed by atoms with Crippen LogP contribution in [-0.4, -0.2) is 125 Å². The van der Waals surface area contributed by atoms with E-state index >= 15 is 0 Å². The van der Waals surface area contributed by atoms with Gasteiger partial charge in [0.15, 0.2) is 17.1 Å². The first kappa shape index (κ1) is 62.9. The van der Waals surface area contributed by atoms with Crippen LogP contribution in [0.5, 0.6) is 0 Å². The molecule has 2 aliphatic heterocycles. The van der Waals surface area contributed by atoms with Gasteiger partial charge in [-0.05, 0) is 59.7 Å². The number of amidine groups is 2. The Morgan fingerprint density at radius 3 is 1.40 bits per heavy atom. The quantitative estimate of drug-likeness (QED) is 0.124. The number of hydrazone groups is 2. The van der Waals surface area contributed by atoms with Crippen molar-refractivity contribution in [1.29, 1.82) is 0 Å². The van der Waals surface area contributed by atoms with Crippen LogP contribution in [0.2, 0.25) is 0 Å². The molecule has 4 aromatic heterocycles. The van der Waals surface area contributed by atoms with Gasteiger partial charge < -0.3 is 25.6 Å². The predicted octanol–water partition coefficient (Wildman–Crippen LogP) is 6.96. The average molecular weight is 1220 g/mol. The fraction of sp³-hybridized carbons (Fsp3) is 0.286. The molecule has 8 rings (SSSR count). The van der Waals surface area contributed by atoms with E-state index < -0.39 is 128 Å². The topological polar surface area (TPSA) is 251 Å². The standard InChI is InChI=1S/C21H17F7N6O4S.C12H14F4N4O3S.C9H5F3N2O2.ClH/c1-38-19-31-33(8-9-34(19)39(36,37)21(26,27)28)14-6-5-12(10-13(14)22)11-29-18(35)16-17(20(23,24)25)30-15-4-2-3-7-32(15)16;1-23-11-18-19(10-3-2-8(7-17)6-9(10)13)4-5-20(11)24(21,22)12(14,15)16;10-9(11,12)7-6(8(15)16)14-4-2-1-3-5(14)13-7;/h2-7,10H,8-9,11H2,1H3,(H,29,35);2-3,6H,4-5,7,17H2,1H3;1-4H,(H,15,16);1H. The molecule has 1 amide bonds. The Morgan fingerprint density at radius 2 is 1.02 bits per heavy atom. The van der Waals surface area contributed by atoms with Gasteiger partial charge in [-0.15, -0.1) is 22.6 Å². The van der Waals surface area contributed by atoms with Gasteiger partial charge in [-0.3, -0.25) is 23.6 Å². The van der Waals surface area contributed by atoms with E-state index in [0.717, 1.165) is 51.2 Å². The highest BCUT2D eigenvalue weighted by Crippen LogP contribution is 2.35. The van der Waals surface area contributed by atoms with Crippen LogP contribution in [0.1, 0.15) is 43.5 Å². The summed E-state index contributed by atoms with van der Waals surface area (Å²) in [4.78, 5) is 30.2. The maximum absolute atomic E-state index is 14.9. The van der Waals surface area contributed by atoms with E-state index in [2.05, 4.69) is 35.0 Å². The van der Waals surface area contributed by atoms with Gasteiger partial charge in [0, 0.05) is 25.5 Å². The van der Waals surface area contributed by atoms with Crippen molar-refractivity contribution < 1.29 is 102 Å². The first-order chi connectivity index (χ1) is 36.7. The number of benzene rings is 2. The number of nitrogens with one attached hydrogen (secondary N) is 1. The number of alkyl halides is 12. The van der Waals surface area contributed by atoms with Crippen LogP contribution in [0.25, 0.3) is 11.3 Å². The number of rotatable bonds is 9. The number of hydrogen-bond donors (Lipinski definition) is 3. The molecule has 0 bridgehead atoms. The Bertz CT molecular complexity index is 3560. The molecule has 0 saturated carbocycles. The van der Waals surface area contributed by atoms with Crippen LogP contribution in [0.15, 0.2) is 95.4 Å². The zero-order valence-electron chi connectivity index (χ0n) is 40.1. The van der Waals surface area contributed by atoms with Crippen molar-refractivity contribution in [2.75, 3.05) is 50.4 Å². The van der Waals surface area contributed by atoms with Crippen molar-refractivity contribution in [2.24, 2.45) is 15.9 Å². The lowest BCUT2D eigenvalue weighted by atomic mass is 10.2. The lowest BCUT2D eigenvalue weighted by molar-refractivity contribution is -0.142. The average Bonchev–Trinajstić information content (AvgIpc) is 3.98. The number of carboxylic acids is 1. The fourth-order valence-electron chi connectivity index (χ4n) is 7.13. The minimum absolute atomic E-state index is 0. The number of nitrogens with zero attached hydrogens (tertiary/aromatic N) is 10. The Kier molecular flexibility index (Phi) is 18.7. The third kappa shape index (κ3) is 13.2. The lowest BCUT2D eigenvalue weighted by Crippen LogP contribution is -2.51. The number of nitrogens with two attached hydrogens (primary N) is 1. The zero-order chi connectivity index (χ0) is 58.8. The summed E-state index contributed by atoms with van der Waals surface area (Å²) in [6.45, 7) is -2.40. The number of methoxy groups -OCH3 is 2. The molecular weight excluding hydrogens is 1180 g/mol. The van der Waals surface area contributed by atoms with Gasteiger partial charge in [-0.1, -0.05) is 24.3 Å². The van der Waals surface area contributed by atoms with Gasteiger partial charge in [0.05, 0.1) is 51.8 Å². The van der Waals surface area contributed by atoms with Crippen molar-refractivity contribution in [2.45, 2.75) is 36.5 Å². The number of halogens is 15. The smallest absolute Gasteiger partial charge is 0.476 e. The number of amides is 1. The molecule has 436 valence electrons. The minimum atomic E-state index is -5.80. The molecule has 0 unspecified atom stereocenters. The van der Waals surface area contributed by atoms with E-state index in [0.29, 0.717) is 5.56 Å². The largest absolute Gasteiger partial charge is 0.516 e. The van der Waals surface area contributed by atoms with Crippen LogP contribution in [0, 0.1) is 11.6 Å². The summed E-state index contributed by atoms with van der Waals surface area (Å²) in [7, 11) is -9.60. The number of imidazole rings is 2. The Labute approximate surface area is 446 Å². The molecule has 4 N–H and O–H groups in total. The highest BCUT2D eigenvalue weighted by atomic mass is 35.5. The highest BCUT2D eigenvalue weighted by molar-refractivity contribution is 7.90. The number of pyridine rings is 2. The maximum atomic E-state index is 14.9. The maximum Gasteiger partial charge on any atom is 0.516 e. The second kappa shape index (κ2) is 23.8. The molecule has 38 heteroatoms. The molecular formula is C42H37ClF14N12O9S2. The Hall–Kier alpha value is -7.93. The predicted molar refractivity (Wildman–Crippen MR) is 253 cm³/mol. The fourth-order valence-corrected chi connectivity index (χ4v) is 8.91. The van der Waals surface area contributed by atoms with Crippen molar-refractivity contribution in [1.82, 2.24) is 32.7 Å². The van der Waals surface area contributed by atoms with Crippen LogP contribution in [-0.2, 0) is 55.0 Å². The van der Waals surface area contributed by atoms with Crippen LogP contribution in [0.4, 0.5) is 72.8 Å². The third-order valence-electron chi connectivity index (χ3n) is 10.7. The number of hydrogen-bond acceptors (Lipinski definition) is 15. The van der Waals surface area contributed by atoms with E-state index in [1.165, 1.54) is 67.0 Å². The molecule has 21 nitrogen and oxygen atoms in total. The number of aromatic nitrogens is 4. The second-order valence-corrected chi connectivity index (χ2v) is 19.4. The number of carbonyl (C=O) groups is 2. The molecule has 0 atom stereocenters. The number of fused-ring (bicyclic) bond motifs is 2. The van der Waals surface area contributed by atoms with Gasteiger partial charge in [0.25, 0.3) is 5.91 Å². The number of ether oxygens (including phenoxy) is 2. The monoisotopic (exact) mass is 1220 g/mol. The highest BCUT2D eigenvalue weighted by Gasteiger charge is 2.54. The number of carboxylic acid groups (broad SMARTS) is 1. The molecule has 0 fully saturated rings. The Balaban J connectivity index is 0.000000243. The minimum Gasteiger partial charge on any atom is -0.476 e. The van der Waals surface area contributed by atoms with Crippen molar-refractivity contribution in [3.8, 4) is 0 Å². The van der Waals surface area contributed by atoms with E-state index in [1.54, 1.807) is 0 Å². The number of aromatic carboxylic acids is 1. The molecule has 0 aliphatic carbocycles. The van der Waals surface area contributed by atoms with Crippen LogP contribution in [0.3, 0.4) is 0 Å². The summed E-state index contributed by atoms with van der Waals surface area (Å²) in [5, 5.41) is 20.2. The second-order valence-electron chi connectivity index (χ2n) is 15.7. The Morgan fingerprint density at radius 1 is 0.625 bits per heavy atom. The van der Waals surface area contributed by atoms with Gasteiger partial charge >= 0.3 is 61.4 Å². The molecule has 0 spiro atoms. The van der Waals surface area contributed by atoms with E-state index in [1.807, 2.05) is 0 Å². The van der Waals surface area contributed by atoms with Crippen LogP contribution >= 0.6 is 12.4 Å². The molecule has 2 aliphatic rings. The molecule has 6 aromatic rings. The number of carbonyl (C=O) groups excluding carboxylic acids is 1. The number of anilines is 2.